The highest BCUT2D eigenvalue weighted by molar-refractivity contribution is 7.92. The van der Waals surface area contributed by atoms with E-state index in [0.29, 0.717) is 10.7 Å². The largest absolute Gasteiger partial charge is 0.476 e. The number of nitrogens with zero attached hydrogens (tertiary/aromatic N) is 1. The van der Waals surface area contributed by atoms with Crippen LogP contribution in [0.2, 0.25) is 5.02 Å². The van der Waals surface area contributed by atoms with Gasteiger partial charge in [-0.05, 0) is 80.3 Å². The van der Waals surface area contributed by atoms with Crippen molar-refractivity contribution in [2.75, 3.05) is 10.8 Å². The number of halogens is 1. The summed E-state index contributed by atoms with van der Waals surface area (Å²) in [7, 11) is -3.94. The molecule has 0 bridgehead atoms. The molecule has 1 heterocycles. The van der Waals surface area contributed by atoms with E-state index in [1.165, 1.54) is 28.1 Å². The molecule has 4 rings (SSSR count). The molecule has 0 saturated heterocycles. The van der Waals surface area contributed by atoms with Crippen LogP contribution in [0.25, 0.3) is 0 Å². The molecule has 1 amide bonds. The summed E-state index contributed by atoms with van der Waals surface area (Å²) in [4.78, 5) is 13.4. The highest BCUT2D eigenvalue weighted by Crippen LogP contribution is 2.39. The van der Waals surface area contributed by atoms with Gasteiger partial charge in [0.05, 0.1) is 23.2 Å². The maximum absolute atomic E-state index is 13.5. The first kappa shape index (κ1) is 24.1. The Balaban J connectivity index is 1.64. The van der Waals surface area contributed by atoms with Gasteiger partial charge in [0.2, 0.25) is 0 Å². The summed E-state index contributed by atoms with van der Waals surface area (Å²) in [5.74, 6) is -0.107. The maximum atomic E-state index is 13.5. The third kappa shape index (κ3) is 4.63. The van der Waals surface area contributed by atoms with Crippen molar-refractivity contribution >= 4 is 33.2 Å². The van der Waals surface area contributed by atoms with Crippen LogP contribution in [0.4, 0.5) is 5.69 Å². The van der Waals surface area contributed by atoms with Crippen molar-refractivity contribution in [1.29, 1.82) is 0 Å². The molecule has 8 heteroatoms. The van der Waals surface area contributed by atoms with Crippen LogP contribution in [0, 0.1) is 20.8 Å². The van der Waals surface area contributed by atoms with Gasteiger partial charge >= 0.3 is 0 Å². The smallest absolute Gasteiger partial charge is 0.264 e. The molecule has 0 aliphatic carbocycles. The minimum Gasteiger partial charge on any atom is -0.476 e. The molecule has 0 spiro atoms. The summed E-state index contributed by atoms with van der Waals surface area (Å²) in [6.07, 6.45) is -1.03. The van der Waals surface area contributed by atoms with Gasteiger partial charge in [0.25, 0.3) is 15.9 Å². The molecule has 0 unspecified atom stereocenters. The zero-order chi connectivity index (χ0) is 24.6. The fraction of sp³-hybridized carbons (Fsp3) is 0.269. The molecule has 0 fully saturated rings. The number of nitrogens with one attached hydrogen (secondary N) is 1. The van der Waals surface area contributed by atoms with Crippen LogP contribution in [0.15, 0.2) is 65.6 Å². The molecule has 2 atom stereocenters. The number of rotatable bonds is 5. The lowest BCUT2D eigenvalue weighted by Gasteiger charge is -2.35. The number of ether oxygens (including phenoxy) is 1. The van der Waals surface area contributed by atoms with E-state index < -0.39 is 16.1 Å². The zero-order valence-corrected chi connectivity index (χ0v) is 21.1. The Morgan fingerprint density at radius 1 is 1.03 bits per heavy atom. The molecule has 3 aromatic carbocycles. The van der Waals surface area contributed by atoms with Crippen molar-refractivity contribution in [1.82, 2.24) is 5.32 Å². The Kier molecular flexibility index (Phi) is 6.60. The minimum absolute atomic E-state index is 0.126. The van der Waals surface area contributed by atoms with Gasteiger partial charge in [-0.25, -0.2) is 8.42 Å². The topological polar surface area (TPSA) is 75.7 Å². The lowest BCUT2D eigenvalue weighted by Crippen LogP contribution is -2.51. The third-order valence-electron chi connectivity index (χ3n) is 6.12. The van der Waals surface area contributed by atoms with E-state index in [1.807, 2.05) is 20.8 Å². The molecule has 1 aliphatic rings. The first-order chi connectivity index (χ1) is 16.1. The van der Waals surface area contributed by atoms with Crippen LogP contribution < -0.4 is 14.4 Å². The Labute approximate surface area is 205 Å². The van der Waals surface area contributed by atoms with Gasteiger partial charge < -0.3 is 10.1 Å². The SMILES string of the molecule is Cc1cc(C)c([C@H](C)NC(=O)[C@H]2CN(S(=O)(=O)c3ccccc3)c3cc(Cl)ccc3O2)cc1C. The fourth-order valence-corrected chi connectivity index (χ4v) is 5.80. The van der Waals surface area contributed by atoms with Crippen molar-refractivity contribution in [3.8, 4) is 5.75 Å². The quantitative estimate of drug-likeness (QED) is 0.531. The Morgan fingerprint density at radius 2 is 1.71 bits per heavy atom. The average molecular weight is 499 g/mol. The second-order valence-corrected chi connectivity index (χ2v) is 10.9. The molecule has 0 aromatic heterocycles. The standard InChI is InChI=1S/C26H27ClN2O4S/c1-16-12-18(3)22(13-17(16)2)19(4)28-26(30)25-15-29(23-14-20(27)10-11-24(23)33-25)34(31,32)21-8-6-5-7-9-21/h5-14,19,25H,15H2,1-4H3,(H,28,30)/t19-,25+/m0/s1. The van der Waals surface area contributed by atoms with E-state index in [0.717, 1.165) is 16.7 Å². The van der Waals surface area contributed by atoms with Crippen molar-refractivity contribution in [3.05, 3.63) is 87.9 Å². The number of aryl methyl sites for hydroxylation is 3. The van der Waals surface area contributed by atoms with Crippen molar-refractivity contribution in [3.63, 3.8) is 0 Å². The third-order valence-corrected chi connectivity index (χ3v) is 8.15. The molecular formula is C26H27ClN2O4S. The molecule has 0 saturated carbocycles. The molecule has 0 radical (unpaired) electrons. The second kappa shape index (κ2) is 9.31. The first-order valence-corrected chi connectivity index (χ1v) is 12.8. The van der Waals surface area contributed by atoms with Gasteiger partial charge in [0, 0.05) is 5.02 Å². The van der Waals surface area contributed by atoms with Crippen molar-refractivity contribution in [2.45, 2.75) is 44.7 Å². The van der Waals surface area contributed by atoms with Gasteiger partial charge in [-0.15, -0.1) is 0 Å². The van der Waals surface area contributed by atoms with Gasteiger partial charge in [-0.3, -0.25) is 9.10 Å². The number of sulfonamides is 1. The molecular weight excluding hydrogens is 472 g/mol. The Morgan fingerprint density at radius 3 is 2.41 bits per heavy atom. The minimum atomic E-state index is -3.94. The summed E-state index contributed by atoms with van der Waals surface area (Å²) in [5.41, 5.74) is 4.72. The zero-order valence-electron chi connectivity index (χ0n) is 19.5. The molecule has 6 nitrogen and oxygen atoms in total. The molecule has 1 aliphatic heterocycles. The Bertz CT molecular complexity index is 1340. The van der Waals surface area contributed by atoms with Crippen LogP contribution >= 0.6 is 11.6 Å². The van der Waals surface area contributed by atoms with Gasteiger partial charge in [0.1, 0.15) is 5.75 Å². The monoisotopic (exact) mass is 498 g/mol. The predicted molar refractivity (Wildman–Crippen MR) is 134 cm³/mol. The number of carbonyl (C=O) groups is 1. The summed E-state index contributed by atoms with van der Waals surface area (Å²) >= 11 is 6.16. The average Bonchev–Trinajstić information content (AvgIpc) is 2.81. The Hall–Kier alpha value is -3.03. The van der Waals surface area contributed by atoms with Crippen LogP contribution in [0.5, 0.6) is 5.75 Å². The first-order valence-electron chi connectivity index (χ1n) is 11.0. The normalized spacial score (nSPS) is 16.4. The van der Waals surface area contributed by atoms with Crippen molar-refractivity contribution < 1.29 is 17.9 Å². The summed E-state index contributed by atoms with van der Waals surface area (Å²) in [6.45, 7) is 7.83. The van der Waals surface area contributed by atoms with E-state index in [-0.39, 0.29) is 29.1 Å². The summed E-state index contributed by atoms with van der Waals surface area (Å²) < 4.78 is 34.1. The van der Waals surface area contributed by atoms with E-state index in [9.17, 15) is 13.2 Å². The predicted octanol–water partition coefficient (Wildman–Crippen LogP) is 5.10. The van der Waals surface area contributed by atoms with Crippen LogP contribution in [-0.4, -0.2) is 27.0 Å². The maximum Gasteiger partial charge on any atom is 0.264 e. The van der Waals surface area contributed by atoms with E-state index in [1.54, 1.807) is 30.3 Å². The number of amides is 1. The number of anilines is 1. The van der Waals surface area contributed by atoms with E-state index in [2.05, 4.69) is 24.4 Å². The highest BCUT2D eigenvalue weighted by atomic mass is 35.5. The lowest BCUT2D eigenvalue weighted by atomic mass is 9.96. The van der Waals surface area contributed by atoms with Crippen molar-refractivity contribution in [2.24, 2.45) is 0 Å². The molecule has 178 valence electrons. The summed E-state index contributed by atoms with van der Waals surface area (Å²) in [5, 5.41) is 3.37. The van der Waals surface area contributed by atoms with Gasteiger partial charge in [-0.1, -0.05) is 41.9 Å². The van der Waals surface area contributed by atoms with Crippen LogP contribution in [-0.2, 0) is 14.8 Å². The fourth-order valence-electron chi connectivity index (χ4n) is 4.14. The number of fused-ring (bicyclic) bond motifs is 1. The number of hydrogen-bond donors (Lipinski definition) is 1. The number of hydrogen-bond acceptors (Lipinski definition) is 4. The molecule has 1 N–H and O–H groups in total. The van der Waals surface area contributed by atoms with E-state index >= 15 is 0 Å². The number of carbonyl (C=O) groups excluding carboxylic acids is 1. The molecule has 34 heavy (non-hydrogen) atoms. The highest BCUT2D eigenvalue weighted by Gasteiger charge is 2.38. The van der Waals surface area contributed by atoms with Crippen LogP contribution in [0.1, 0.15) is 35.2 Å². The molecule has 3 aromatic rings. The van der Waals surface area contributed by atoms with E-state index in [4.69, 9.17) is 16.3 Å². The van der Waals surface area contributed by atoms with Crippen LogP contribution in [0.3, 0.4) is 0 Å². The lowest BCUT2D eigenvalue weighted by molar-refractivity contribution is -0.128. The summed E-state index contributed by atoms with van der Waals surface area (Å²) in [6, 6.07) is 16.7. The second-order valence-electron chi connectivity index (χ2n) is 8.59. The number of benzene rings is 3. The van der Waals surface area contributed by atoms with Gasteiger partial charge in [0.15, 0.2) is 6.10 Å². The van der Waals surface area contributed by atoms with Gasteiger partial charge in [-0.2, -0.15) is 0 Å².